The molecule has 0 heterocycles. The van der Waals surface area contributed by atoms with Crippen molar-refractivity contribution >= 4 is 5.78 Å². The SMILES string of the molecule is COc1ccc(F)cc1C(=O)C1CCCCC1CN. The normalized spacial score (nSPS) is 23.1. The van der Waals surface area contributed by atoms with E-state index >= 15 is 0 Å². The lowest BCUT2D eigenvalue weighted by atomic mass is 9.75. The van der Waals surface area contributed by atoms with Gasteiger partial charge in [-0.2, -0.15) is 0 Å². The Hall–Kier alpha value is -1.42. The fraction of sp³-hybridized carbons (Fsp3) is 0.533. The summed E-state index contributed by atoms with van der Waals surface area (Å²) in [6.45, 7) is 0.508. The van der Waals surface area contributed by atoms with E-state index < -0.39 is 5.82 Å². The Labute approximate surface area is 112 Å². The fourth-order valence-electron chi connectivity index (χ4n) is 2.91. The van der Waals surface area contributed by atoms with Gasteiger partial charge in [-0.3, -0.25) is 4.79 Å². The van der Waals surface area contributed by atoms with Crippen molar-refractivity contribution in [1.82, 2.24) is 0 Å². The monoisotopic (exact) mass is 265 g/mol. The zero-order chi connectivity index (χ0) is 13.8. The van der Waals surface area contributed by atoms with E-state index in [-0.39, 0.29) is 17.6 Å². The molecule has 2 N–H and O–H groups in total. The van der Waals surface area contributed by atoms with E-state index in [0.29, 0.717) is 17.9 Å². The second kappa shape index (κ2) is 6.15. The molecule has 0 saturated heterocycles. The van der Waals surface area contributed by atoms with Crippen LogP contribution in [0.3, 0.4) is 0 Å². The van der Waals surface area contributed by atoms with Crippen molar-refractivity contribution < 1.29 is 13.9 Å². The Morgan fingerprint density at radius 3 is 2.84 bits per heavy atom. The molecule has 1 aliphatic rings. The zero-order valence-electron chi connectivity index (χ0n) is 11.2. The third kappa shape index (κ3) is 2.95. The van der Waals surface area contributed by atoms with Crippen molar-refractivity contribution in [3.63, 3.8) is 0 Å². The van der Waals surface area contributed by atoms with Gasteiger partial charge in [0.1, 0.15) is 11.6 Å². The van der Waals surface area contributed by atoms with E-state index in [1.807, 2.05) is 0 Å². The maximum Gasteiger partial charge on any atom is 0.170 e. The van der Waals surface area contributed by atoms with Gasteiger partial charge in [0.15, 0.2) is 5.78 Å². The lowest BCUT2D eigenvalue weighted by Gasteiger charge is -2.29. The Morgan fingerprint density at radius 1 is 1.42 bits per heavy atom. The number of hydrogen-bond acceptors (Lipinski definition) is 3. The summed E-state index contributed by atoms with van der Waals surface area (Å²) in [5, 5.41) is 0. The van der Waals surface area contributed by atoms with Crippen LogP contribution in [0.5, 0.6) is 5.75 Å². The summed E-state index contributed by atoms with van der Waals surface area (Å²) in [7, 11) is 1.49. The number of rotatable bonds is 4. The number of methoxy groups -OCH3 is 1. The van der Waals surface area contributed by atoms with Crippen LogP contribution >= 0.6 is 0 Å². The highest BCUT2D eigenvalue weighted by atomic mass is 19.1. The number of nitrogens with two attached hydrogens (primary N) is 1. The highest BCUT2D eigenvalue weighted by molar-refractivity contribution is 6.00. The van der Waals surface area contributed by atoms with Crippen LogP contribution in [0, 0.1) is 17.7 Å². The standard InChI is InChI=1S/C15H20FNO2/c1-19-14-7-6-11(16)8-13(14)15(18)12-5-3-2-4-10(12)9-17/h6-8,10,12H,2-5,9,17H2,1H3. The third-order valence-electron chi connectivity index (χ3n) is 3.98. The number of hydrogen-bond donors (Lipinski definition) is 1. The first-order valence-corrected chi connectivity index (χ1v) is 6.75. The molecule has 1 fully saturated rings. The molecule has 0 aromatic heterocycles. The van der Waals surface area contributed by atoms with Crippen molar-refractivity contribution in [3.8, 4) is 5.75 Å². The number of Topliss-reactive ketones (excluding diaryl/α,β-unsaturated/α-hetero) is 1. The summed E-state index contributed by atoms with van der Waals surface area (Å²) in [6.07, 6.45) is 3.96. The lowest BCUT2D eigenvalue weighted by molar-refractivity contribution is 0.0826. The fourth-order valence-corrected chi connectivity index (χ4v) is 2.91. The van der Waals surface area contributed by atoms with E-state index in [1.54, 1.807) is 0 Å². The molecule has 1 aromatic rings. The van der Waals surface area contributed by atoms with Crippen LogP contribution < -0.4 is 10.5 Å². The van der Waals surface area contributed by atoms with Gasteiger partial charge in [0, 0.05) is 5.92 Å². The van der Waals surface area contributed by atoms with Crippen LogP contribution in [-0.4, -0.2) is 19.4 Å². The Bertz CT molecular complexity index is 461. The predicted octanol–water partition coefficient (Wildman–Crippen LogP) is 2.78. The molecule has 3 nitrogen and oxygen atoms in total. The molecule has 1 aromatic carbocycles. The first-order valence-electron chi connectivity index (χ1n) is 6.75. The molecule has 1 saturated carbocycles. The molecule has 104 valence electrons. The highest BCUT2D eigenvalue weighted by Gasteiger charge is 2.32. The van der Waals surface area contributed by atoms with Crippen LogP contribution in [0.2, 0.25) is 0 Å². The van der Waals surface area contributed by atoms with Crippen LogP contribution in [0.15, 0.2) is 18.2 Å². The summed E-state index contributed by atoms with van der Waals surface area (Å²) in [5.74, 6) is 0.0900. The second-order valence-electron chi connectivity index (χ2n) is 5.10. The largest absolute Gasteiger partial charge is 0.496 e. The van der Waals surface area contributed by atoms with Gasteiger partial charge in [-0.25, -0.2) is 4.39 Å². The summed E-state index contributed by atoms with van der Waals surface area (Å²) in [4.78, 5) is 12.6. The molecule has 0 spiro atoms. The molecular formula is C15H20FNO2. The Morgan fingerprint density at radius 2 is 2.16 bits per heavy atom. The average Bonchev–Trinajstić information content (AvgIpc) is 2.46. The Balaban J connectivity index is 2.29. The summed E-state index contributed by atoms with van der Waals surface area (Å²) >= 11 is 0. The first kappa shape index (κ1) is 14.0. The number of halogens is 1. The van der Waals surface area contributed by atoms with Gasteiger partial charge in [-0.1, -0.05) is 12.8 Å². The minimum absolute atomic E-state index is 0.0356. The number of ketones is 1. The maximum absolute atomic E-state index is 13.4. The molecule has 0 bridgehead atoms. The molecule has 2 atom stereocenters. The molecule has 0 aliphatic heterocycles. The number of carbonyl (C=O) groups excluding carboxylic acids is 1. The molecular weight excluding hydrogens is 245 g/mol. The molecule has 2 unspecified atom stereocenters. The highest BCUT2D eigenvalue weighted by Crippen LogP contribution is 2.34. The molecule has 2 rings (SSSR count). The second-order valence-corrected chi connectivity index (χ2v) is 5.10. The van der Waals surface area contributed by atoms with Gasteiger partial charge in [0.25, 0.3) is 0 Å². The van der Waals surface area contributed by atoms with Gasteiger partial charge >= 0.3 is 0 Å². The third-order valence-corrected chi connectivity index (χ3v) is 3.98. The van der Waals surface area contributed by atoms with E-state index in [1.165, 1.54) is 25.3 Å². The molecule has 0 radical (unpaired) electrons. The average molecular weight is 265 g/mol. The summed E-state index contributed by atoms with van der Waals surface area (Å²) in [5.41, 5.74) is 6.09. The van der Waals surface area contributed by atoms with Crippen molar-refractivity contribution in [2.45, 2.75) is 25.7 Å². The number of benzene rings is 1. The lowest BCUT2D eigenvalue weighted by Crippen LogP contribution is -2.32. The van der Waals surface area contributed by atoms with Crippen molar-refractivity contribution in [2.24, 2.45) is 17.6 Å². The number of carbonyl (C=O) groups is 1. The van der Waals surface area contributed by atoms with Crippen molar-refractivity contribution in [3.05, 3.63) is 29.6 Å². The van der Waals surface area contributed by atoms with Crippen LogP contribution in [0.4, 0.5) is 4.39 Å². The molecule has 19 heavy (non-hydrogen) atoms. The quantitative estimate of drug-likeness (QED) is 0.852. The van der Waals surface area contributed by atoms with Gasteiger partial charge < -0.3 is 10.5 Å². The van der Waals surface area contributed by atoms with Crippen molar-refractivity contribution in [1.29, 1.82) is 0 Å². The van der Waals surface area contributed by atoms with Gasteiger partial charge in [-0.05, 0) is 43.5 Å². The van der Waals surface area contributed by atoms with Crippen LogP contribution in [0.25, 0.3) is 0 Å². The molecule has 0 amide bonds. The van der Waals surface area contributed by atoms with Gasteiger partial charge in [-0.15, -0.1) is 0 Å². The topological polar surface area (TPSA) is 52.3 Å². The van der Waals surface area contributed by atoms with Crippen molar-refractivity contribution in [2.75, 3.05) is 13.7 Å². The molecule has 1 aliphatic carbocycles. The number of ether oxygens (including phenoxy) is 1. The van der Waals surface area contributed by atoms with Gasteiger partial charge in [0.05, 0.1) is 12.7 Å². The van der Waals surface area contributed by atoms with Crippen LogP contribution in [0.1, 0.15) is 36.0 Å². The van der Waals surface area contributed by atoms with Gasteiger partial charge in [0.2, 0.25) is 0 Å². The van der Waals surface area contributed by atoms with Crippen LogP contribution in [-0.2, 0) is 0 Å². The van der Waals surface area contributed by atoms with E-state index in [9.17, 15) is 9.18 Å². The smallest absolute Gasteiger partial charge is 0.170 e. The zero-order valence-corrected chi connectivity index (χ0v) is 11.2. The predicted molar refractivity (Wildman–Crippen MR) is 71.8 cm³/mol. The summed E-state index contributed by atoms with van der Waals surface area (Å²) in [6, 6.07) is 4.07. The summed E-state index contributed by atoms with van der Waals surface area (Å²) < 4.78 is 18.5. The minimum atomic E-state index is -0.413. The first-order chi connectivity index (χ1) is 9.17. The van der Waals surface area contributed by atoms with E-state index in [0.717, 1.165) is 25.7 Å². The van der Waals surface area contributed by atoms with E-state index in [2.05, 4.69) is 0 Å². The van der Waals surface area contributed by atoms with E-state index in [4.69, 9.17) is 10.5 Å². The maximum atomic E-state index is 13.4. The molecule has 4 heteroatoms. The minimum Gasteiger partial charge on any atom is -0.496 e. The Kier molecular flexibility index (Phi) is 4.53.